The molecule has 1 atom stereocenters. The number of nitrogens with zero attached hydrogens (tertiary/aromatic N) is 4. The number of nitrogens with one attached hydrogen (secondary N) is 1. The summed E-state index contributed by atoms with van der Waals surface area (Å²) in [6, 6.07) is 11.7. The predicted molar refractivity (Wildman–Crippen MR) is 107 cm³/mol. The van der Waals surface area contributed by atoms with Crippen molar-refractivity contribution in [3.8, 4) is 5.75 Å². The molecule has 0 spiro atoms. The number of ether oxygens (including phenoxy) is 1. The summed E-state index contributed by atoms with van der Waals surface area (Å²) in [5.41, 5.74) is 2.04. The van der Waals surface area contributed by atoms with Crippen LogP contribution in [0.4, 0.5) is 4.79 Å². The Hall–Kier alpha value is -2.93. The number of aromatic nitrogens is 3. The lowest BCUT2D eigenvalue weighted by Gasteiger charge is -2.20. The van der Waals surface area contributed by atoms with Crippen molar-refractivity contribution in [3.05, 3.63) is 54.4 Å². The van der Waals surface area contributed by atoms with Gasteiger partial charge in [0.05, 0.1) is 6.20 Å². The van der Waals surface area contributed by atoms with Crippen LogP contribution < -0.4 is 10.1 Å². The predicted octanol–water partition coefficient (Wildman–Crippen LogP) is 3.11. The minimum absolute atomic E-state index is 0.266. The van der Waals surface area contributed by atoms with Crippen LogP contribution in [0.25, 0.3) is 11.0 Å². The smallest absolute Gasteiger partial charge is 0.410 e. The fourth-order valence-corrected chi connectivity index (χ4v) is 3.58. The molecule has 0 aliphatic carbocycles. The summed E-state index contributed by atoms with van der Waals surface area (Å²) in [5, 5.41) is 8.90. The maximum atomic E-state index is 12.4. The molecule has 3 aromatic rings. The molecule has 28 heavy (non-hydrogen) atoms. The number of para-hydroxylation sites is 1. The molecule has 1 N–H and O–H groups in total. The quantitative estimate of drug-likeness (QED) is 0.754. The molecule has 3 heterocycles. The molecule has 1 aromatic carbocycles. The van der Waals surface area contributed by atoms with Gasteiger partial charge in [-0.15, -0.1) is 0 Å². The van der Waals surface area contributed by atoms with Gasteiger partial charge in [0.25, 0.3) is 0 Å². The summed E-state index contributed by atoms with van der Waals surface area (Å²) in [6.07, 6.45) is 6.38. The van der Waals surface area contributed by atoms with Crippen molar-refractivity contribution in [2.24, 2.45) is 7.05 Å². The van der Waals surface area contributed by atoms with E-state index < -0.39 is 0 Å². The molecule has 1 aliphatic rings. The summed E-state index contributed by atoms with van der Waals surface area (Å²) in [7, 11) is 1.90. The minimum atomic E-state index is -0.266. The van der Waals surface area contributed by atoms with Crippen LogP contribution in [0.2, 0.25) is 0 Å². The standard InChI is InChI=1S/C21H25N5O2/c1-25-20-17(15-24-25)12-16(14-23-20)13-22-18-6-5-10-26(11-9-18)21(27)28-19-7-3-2-4-8-19/h2-4,7-8,12,14-15,18,22H,5-6,9-11,13H2,1H3. The van der Waals surface area contributed by atoms with Crippen LogP contribution in [-0.2, 0) is 13.6 Å². The Morgan fingerprint density at radius 3 is 2.93 bits per heavy atom. The Morgan fingerprint density at radius 1 is 1.21 bits per heavy atom. The first-order chi connectivity index (χ1) is 13.7. The maximum absolute atomic E-state index is 12.4. The number of pyridine rings is 1. The van der Waals surface area contributed by atoms with Crippen molar-refractivity contribution in [1.82, 2.24) is 25.0 Å². The molecule has 1 aliphatic heterocycles. The third-order valence-electron chi connectivity index (χ3n) is 5.16. The van der Waals surface area contributed by atoms with Crippen LogP contribution in [0, 0.1) is 0 Å². The lowest BCUT2D eigenvalue weighted by atomic mass is 10.1. The van der Waals surface area contributed by atoms with Gasteiger partial charge in [-0.25, -0.2) is 9.78 Å². The molecule has 1 unspecified atom stereocenters. The van der Waals surface area contributed by atoms with Crippen LogP contribution in [0.5, 0.6) is 5.75 Å². The average molecular weight is 379 g/mol. The number of carbonyl (C=O) groups excluding carboxylic acids is 1. The molecule has 7 nitrogen and oxygen atoms in total. The van der Waals surface area contributed by atoms with E-state index in [1.807, 2.05) is 37.6 Å². The number of hydrogen-bond acceptors (Lipinski definition) is 5. The average Bonchev–Trinajstić information content (AvgIpc) is 2.93. The van der Waals surface area contributed by atoms with Gasteiger partial charge < -0.3 is 15.0 Å². The van der Waals surface area contributed by atoms with Crippen molar-refractivity contribution >= 4 is 17.1 Å². The Kier molecular flexibility index (Phi) is 5.53. The third-order valence-corrected chi connectivity index (χ3v) is 5.16. The van der Waals surface area contributed by atoms with Gasteiger partial charge in [0.2, 0.25) is 0 Å². The number of carbonyl (C=O) groups is 1. The second-order valence-electron chi connectivity index (χ2n) is 7.20. The Bertz CT molecular complexity index is 940. The highest BCUT2D eigenvalue weighted by atomic mass is 16.6. The Labute approximate surface area is 164 Å². The van der Waals surface area contributed by atoms with Crippen molar-refractivity contribution in [3.63, 3.8) is 0 Å². The van der Waals surface area contributed by atoms with Gasteiger partial charge in [-0.3, -0.25) is 4.68 Å². The van der Waals surface area contributed by atoms with E-state index in [9.17, 15) is 4.79 Å². The van der Waals surface area contributed by atoms with Gasteiger partial charge in [0.15, 0.2) is 5.65 Å². The molecule has 2 aromatic heterocycles. The second kappa shape index (κ2) is 8.39. The minimum Gasteiger partial charge on any atom is -0.410 e. The van der Waals surface area contributed by atoms with Gasteiger partial charge in [-0.1, -0.05) is 18.2 Å². The molecule has 1 fully saturated rings. The summed E-state index contributed by atoms with van der Waals surface area (Å²) in [5.74, 6) is 0.588. The summed E-state index contributed by atoms with van der Waals surface area (Å²) in [6.45, 7) is 2.19. The zero-order valence-corrected chi connectivity index (χ0v) is 16.0. The molecule has 0 radical (unpaired) electrons. The summed E-state index contributed by atoms with van der Waals surface area (Å²) in [4.78, 5) is 18.7. The van der Waals surface area contributed by atoms with Gasteiger partial charge in [-0.2, -0.15) is 5.10 Å². The maximum Gasteiger partial charge on any atom is 0.415 e. The van der Waals surface area contributed by atoms with Gasteiger partial charge in [0, 0.05) is 44.3 Å². The second-order valence-corrected chi connectivity index (χ2v) is 7.20. The lowest BCUT2D eigenvalue weighted by molar-refractivity contribution is 0.153. The van der Waals surface area contributed by atoms with E-state index >= 15 is 0 Å². The van der Waals surface area contributed by atoms with E-state index in [0.29, 0.717) is 18.3 Å². The third kappa shape index (κ3) is 4.31. The van der Waals surface area contributed by atoms with E-state index in [-0.39, 0.29) is 6.09 Å². The SMILES string of the molecule is Cn1ncc2cc(CNC3CCCN(C(=O)Oc4ccccc4)CC3)cnc21. The normalized spacial score (nSPS) is 17.5. The number of rotatable bonds is 4. The number of likely N-dealkylation sites (tertiary alicyclic amines) is 1. The highest BCUT2D eigenvalue weighted by molar-refractivity contribution is 5.74. The highest BCUT2D eigenvalue weighted by Gasteiger charge is 2.21. The van der Waals surface area contributed by atoms with Crippen molar-refractivity contribution < 1.29 is 9.53 Å². The fraction of sp³-hybridized carbons (Fsp3) is 0.381. The number of aryl methyl sites for hydroxylation is 1. The van der Waals surface area contributed by atoms with E-state index in [1.165, 1.54) is 0 Å². The molecule has 0 bridgehead atoms. The van der Waals surface area contributed by atoms with Crippen LogP contribution in [0.3, 0.4) is 0 Å². The van der Waals surface area contributed by atoms with E-state index in [4.69, 9.17) is 4.74 Å². The molecule has 146 valence electrons. The van der Waals surface area contributed by atoms with E-state index in [0.717, 1.165) is 48.9 Å². The van der Waals surface area contributed by atoms with Gasteiger partial charge >= 0.3 is 6.09 Å². The summed E-state index contributed by atoms with van der Waals surface area (Å²) < 4.78 is 7.25. The highest BCUT2D eigenvalue weighted by Crippen LogP contribution is 2.16. The number of fused-ring (bicyclic) bond motifs is 1. The summed E-state index contributed by atoms with van der Waals surface area (Å²) >= 11 is 0. The van der Waals surface area contributed by atoms with Crippen molar-refractivity contribution in [2.75, 3.05) is 13.1 Å². The van der Waals surface area contributed by atoms with Gasteiger partial charge in [0.1, 0.15) is 5.75 Å². The van der Waals surface area contributed by atoms with E-state index in [2.05, 4.69) is 21.5 Å². The first kappa shape index (κ1) is 18.4. The molecule has 1 saturated heterocycles. The fourth-order valence-electron chi connectivity index (χ4n) is 3.58. The molecular formula is C21H25N5O2. The van der Waals surface area contributed by atoms with Crippen LogP contribution >= 0.6 is 0 Å². The molecule has 1 amide bonds. The number of amides is 1. The first-order valence-corrected chi connectivity index (χ1v) is 9.71. The monoisotopic (exact) mass is 379 g/mol. The topological polar surface area (TPSA) is 72.3 Å². The van der Waals surface area contributed by atoms with Gasteiger partial charge in [-0.05, 0) is 43.0 Å². The van der Waals surface area contributed by atoms with Crippen LogP contribution in [0.15, 0.2) is 48.8 Å². The van der Waals surface area contributed by atoms with Crippen molar-refractivity contribution in [2.45, 2.75) is 31.8 Å². The zero-order chi connectivity index (χ0) is 19.3. The number of hydrogen-bond donors (Lipinski definition) is 1. The van der Waals surface area contributed by atoms with E-state index in [1.54, 1.807) is 21.7 Å². The largest absolute Gasteiger partial charge is 0.415 e. The van der Waals surface area contributed by atoms with Crippen LogP contribution in [0.1, 0.15) is 24.8 Å². The Morgan fingerprint density at radius 2 is 2.07 bits per heavy atom. The number of benzene rings is 1. The zero-order valence-electron chi connectivity index (χ0n) is 16.0. The molecule has 4 rings (SSSR count). The molecular weight excluding hydrogens is 354 g/mol. The van der Waals surface area contributed by atoms with Crippen molar-refractivity contribution in [1.29, 1.82) is 0 Å². The lowest BCUT2D eigenvalue weighted by Crippen LogP contribution is -2.35. The molecule has 0 saturated carbocycles. The Balaban J connectivity index is 1.29. The molecule has 7 heteroatoms. The van der Waals surface area contributed by atoms with Crippen LogP contribution in [-0.4, -0.2) is 44.9 Å². The first-order valence-electron chi connectivity index (χ1n) is 9.71.